The molecule has 0 spiro atoms. The van der Waals surface area contributed by atoms with E-state index in [-0.39, 0.29) is 11.8 Å². The molecule has 0 saturated carbocycles. The molecule has 2 atom stereocenters. The van der Waals surface area contributed by atoms with Crippen LogP contribution >= 0.6 is 0 Å². The Hall–Kier alpha value is -1.88. The van der Waals surface area contributed by atoms with Gasteiger partial charge in [0.2, 0.25) is 5.82 Å². The third-order valence-corrected chi connectivity index (χ3v) is 2.85. The average molecular weight is 267 g/mol. The van der Waals surface area contributed by atoms with Crippen molar-refractivity contribution in [3.05, 3.63) is 54.0 Å². The maximum atomic E-state index is 13.6. The lowest BCUT2D eigenvalue weighted by Crippen LogP contribution is -2.31. The highest BCUT2D eigenvalue weighted by Crippen LogP contribution is 2.28. The number of furan rings is 1. The molecule has 5 heteroatoms. The van der Waals surface area contributed by atoms with Gasteiger partial charge in [0.15, 0.2) is 17.7 Å². The van der Waals surface area contributed by atoms with E-state index in [9.17, 15) is 8.78 Å². The zero-order valence-corrected chi connectivity index (χ0v) is 10.5. The van der Waals surface area contributed by atoms with Crippen LogP contribution in [0.1, 0.15) is 25.2 Å². The van der Waals surface area contributed by atoms with Gasteiger partial charge in [-0.05, 0) is 30.7 Å². The normalized spacial score (nSPS) is 14.1. The van der Waals surface area contributed by atoms with Crippen molar-refractivity contribution in [1.82, 2.24) is 0 Å². The largest absolute Gasteiger partial charge is 0.478 e. The van der Waals surface area contributed by atoms with E-state index in [1.807, 2.05) is 6.92 Å². The standard InChI is InChI=1S/C14H15F2NO2/c1-2-10(17)14(12-7-4-8-18-12)19-11-6-3-5-9(15)13(11)16/h3-8,10,14H,2,17H2,1H3. The number of benzene rings is 1. The molecule has 0 aliphatic carbocycles. The van der Waals surface area contributed by atoms with Crippen molar-refractivity contribution in [2.24, 2.45) is 5.73 Å². The second-order valence-corrected chi connectivity index (χ2v) is 4.18. The Kier molecular flexibility index (Phi) is 4.16. The molecule has 0 aliphatic rings. The first kappa shape index (κ1) is 13.5. The van der Waals surface area contributed by atoms with Gasteiger partial charge < -0.3 is 14.9 Å². The molecule has 1 aromatic heterocycles. The lowest BCUT2D eigenvalue weighted by atomic mass is 10.1. The van der Waals surface area contributed by atoms with Gasteiger partial charge in [-0.3, -0.25) is 0 Å². The number of nitrogens with two attached hydrogens (primary N) is 1. The highest BCUT2D eigenvalue weighted by molar-refractivity contribution is 5.26. The molecule has 0 aliphatic heterocycles. The van der Waals surface area contributed by atoms with Crippen molar-refractivity contribution in [3.8, 4) is 5.75 Å². The van der Waals surface area contributed by atoms with Gasteiger partial charge in [0.1, 0.15) is 5.76 Å². The number of hydrogen-bond acceptors (Lipinski definition) is 3. The Morgan fingerprint density at radius 2 is 2.05 bits per heavy atom. The van der Waals surface area contributed by atoms with Crippen molar-refractivity contribution >= 4 is 0 Å². The van der Waals surface area contributed by atoms with Gasteiger partial charge in [0.25, 0.3) is 0 Å². The second-order valence-electron chi connectivity index (χ2n) is 4.18. The van der Waals surface area contributed by atoms with Gasteiger partial charge in [-0.2, -0.15) is 4.39 Å². The van der Waals surface area contributed by atoms with Crippen LogP contribution in [0.4, 0.5) is 8.78 Å². The fourth-order valence-electron chi connectivity index (χ4n) is 1.74. The van der Waals surface area contributed by atoms with Crippen molar-refractivity contribution in [1.29, 1.82) is 0 Å². The van der Waals surface area contributed by atoms with E-state index >= 15 is 0 Å². The van der Waals surface area contributed by atoms with E-state index < -0.39 is 17.7 Å². The summed E-state index contributed by atoms with van der Waals surface area (Å²) in [6.45, 7) is 1.88. The zero-order chi connectivity index (χ0) is 13.8. The second kappa shape index (κ2) is 5.84. The minimum atomic E-state index is -1.03. The van der Waals surface area contributed by atoms with Crippen LogP contribution in [0.3, 0.4) is 0 Å². The van der Waals surface area contributed by atoms with E-state index in [2.05, 4.69) is 0 Å². The van der Waals surface area contributed by atoms with Gasteiger partial charge in [-0.1, -0.05) is 13.0 Å². The number of halogens is 2. The van der Waals surface area contributed by atoms with Crippen LogP contribution in [0.2, 0.25) is 0 Å². The Labute approximate surface area is 110 Å². The zero-order valence-electron chi connectivity index (χ0n) is 10.5. The van der Waals surface area contributed by atoms with E-state index in [1.54, 1.807) is 12.1 Å². The van der Waals surface area contributed by atoms with Crippen LogP contribution in [0.15, 0.2) is 41.0 Å². The van der Waals surface area contributed by atoms with E-state index in [1.165, 1.54) is 18.4 Å². The maximum Gasteiger partial charge on any atom is 0.200 e. The first-order valence-electron chi connectivity index (χ1n) is 6.03. The van der Waals surface area contributed by atoms with Gasteiger partial charge in [0.05, 0.1) is 6.26 Å². The quantitative estimate of drug-likeness (QED) is 0.903. The van der Waals surface area contributed by atoms with Crippen LogP contribution < -0.4 is 10.5 Å². The summed E-state index contributed by atoms with van der Waals surface area (Å²) in [6, 6.07) is 6.77. The molecule has 2 N–H and O–H groups in total. The Balaban J connectivity index is 2.28. The summed E-state index contributed by atoms with van der Waals surface area (Å²) in [5.74, 6) is -1.67. The molecule has 0 fully saturated rings. The summed E-state index contributed by atoms with van der Waals surface area (Å²) in [6.07, 6.45) is 1.44. The number of hydrogen-bond donors (Lipinski definition) is 1. The highest BCUT2D eigenvalue weighted by atomic mass is 19.2. The molecule has 1 aromatic carbocycles. The topological polar surface area (TPSA) is 48.4 Å². The van der Waals surface area contributed by atoms with E-state index in [0.29, 0.717) is 12.2 Å². The van der Waals surface area contributed by atoms with Crippen LogP contribution in [-0.2, 0) is 0 Å². The molecule has 0 amide bonds. The first-order valence-corrected chi connectivity index (χ1v) is 6.03. The Morgan fingerprint density at radius 1 is 1.26 bits per heavy atom. The number of ether oxygens (including phenoxy) is 1. The molecule has 19 heavy (non-hydrogen) atoms. The molecular weight excluding hydrogens is 252 g/mol. The molecule has 0 radical (unpaired) electrons. The monoisotopic (exact) mass is 267 g/mol. The highest BCUT2D eigenvalue weighted by Gasteiger charge is 2.25. The lowest BCUT2D eigenvalue weighted by Gasteiger charge is -2.22. The van der Waals surface area contributed by atoms with Crippen molar-refractivity contribution in [2.75, 3.05) is 0 Å². The van der Waals surface area contributed by atoms with E-state index in [0.717, 1.165) is 6.07 Å². The summed E-state index contributed by atoms with van der Waals surface area (Å²) in [4.78, 5) is 0. The van der Waals surface area contributed by atoms with Gasteiger partial charge in [0, 0.05) is 6.04 Å². The molecule has 2 rings (SSSR count). The summed E-state index contributed by atoms with van der Waals surface area (Å²) in [5, 5.41) is 0. The molecule has 3 nitrogen and oxygen atoms in total. The summed E-state index contributed by atoms with van der Waals surface area (Å²) in [7, 11) is 0. The SMILES string of the molecule is CCC(N)C(Oc1cccc(F)c1F)c1ccco1. The van der Waals surface area contributed by atoms with Crippen molar-refractivity contribution < 1.29 is 17.9 Å². The summed E-state index contributed by atoms with van der Waals surface area (Å²) in [5.41, 5.74) is 5.94. The Morgan fingerprint density at radius 3 is 2.68 bits per heavy atom. The lowest BCUT2D eigenvalue weighted by molar-refractivity contribution is 0.137. The van der Waals surface area contributed by atoms with Gasteiger partial charge in [-0.15, -0.1) is 0 Å². The third-order valence-electron chi connectivity index (χ3n) is 2.85. The first-order chi connectivity index (χ1) is 9.13. The fraction of sp³-hybridized carbons (Fsp3) is 0.286. The average Bonchev–Trinajstić information content (AvgIpc) is 2.93. The molecule has 102 valence electrons. The number of rotatable bonds is 5. The van der Waals surface area contributed by atoms with E-state index in [4.69, 9.17) is 14.9 Å². The minimum absolute atomic E-state index is 0.176. The molecule has 0 bridgehead atoms. The molecule has 0 saturated heterocycles. The molecular formula is C14H15F2NO2. The third kappa shape index (κ3) is 2.93. The van der Waals surface area contributed by atoms with Crippen LogP contribution in [0, 0.1) is 11.6 Å². The van der Waals surface area contributed by atoms with Crippen molar-refractivity contribution in [3.63, 3.8) is 0 Å². The molecule has 2 aromatic rings. The molecule has 1 heterocycles. The fourth-order valence-corrected chi connectivity index (χ4v) is 1.74. The van der Waals surface area contributed by atoms with Gasteiger partial charge >= 0.3 is 0 Å². The van der Waals surface area contributed by atoms with Crippen LogP contribution in [-0.4, -0.2) is 6.04 Å². The van der Waals surface area contributed by atoms with Crippen molar-refractivity contribution in [2.45, 2.75) is 25.5 Å². The smallest absolute Gasteiger partial charge is 0.200 e. The predicted molar refractivity (Wildman–Crippen MR) is 66.7 cm³/mol. The maximum absolute atomic E-state index is 13.6. The van der Waals surface area contributed by atoms with Crippen LogP contribution in [0.5, 0.6) is 5.75 Å². The molecule has 2 unspecified atom stereocenters. The predicted octanol–water partition coefficient (Wildman–Crippen LogP) is 3.42. The minimum Gasteiger partial charge on any atom is -0.478 e. The summed E-state index contributed by atoms with van der Waals surface area (Å²) < 4.78 is 37.5. The van der Waals surface area contributed by atoms with Crippen LogP contribution in [0.25, 0.3) is 0 Å². The van der Waals surface area contributed by atoms with Gasteiger partial charge in [-0.25, -0.2) is 4.39 Å². The Bertz CT molecular complexity index is 528. The summed E-state index contributed by atoms with van der Waals surface area (Å²) >= 11 is 0.